The number of piperidine rings is 1. The number of carboxylic acids is 1. The van der Waals surface area contributed by atoms with Crippen molar-refractivity contribution in [3.05, 3.63) is 0 Å². The molecule has 3 unspecified atom stereocenters. The molecule has 1 aliphatic heterocycles. The Bertz CT molecular complexity index is 226. The Morgan fingerprint density at radius 3 is 2.71 bits per heavy atom. The molecule has 4 nitrogen and oxygen atoms in total. The highest BCUT2D eigenvalue weighted by molar-refractivity contribution is 5.77. The number of amides is 1. The maximum atomic E-state index is 11.1. The molecule has 1 rings (SSSR count). The fourth-order valence-electron chi connectivity index (χ4n) is 2.18. The second kappa shape index (κ2) is 4.44. The van der Waals surface area contributed by atoms with E-state index in [1.165, 1.54) is 0 Å². The molecule has 3 atom stereocenters. The van der Waals surface area contributed by atoms with Gasteiger partial charge in [-0.3, -0.25) is 9.59 Å². The number of aliphatic carboxylic acids is 1. The average Bonchev–Trinajstić information content (AvgIpc) is 2.01. The van der Waals surface area contributed by atoms with Gasteiger partial charge in [0.2, 0.25) is 5.91 Å². The third-order valence-electron chi connectivity index (χ3n) is 2.96. The number of rotatable bonds is 3. The number of hydrogen-bond donors (Lipinski definition) is 2. The van der Waals surface area contributed by atoms with E-state index in [1.807, 2.05) is 13.8 Å². The van der Waals surface area contributed by atoms with Crippen LogP contribution in [-0.2, 0) is 9.59 Å². The van der Waals surface area contributed by atoms with E-state index in [0.29, 0.717) is 18.8 Å². The van der Waals surface area contributed by atoms with Crippen molar-refractivity contribution in [2.75, 3.05) is 0 Å². The van der Waals surface area contributed by atoms with Gasteiger partial charge >= 0.3 is 5.97 Å². The zero-order chi connectivity index (χ0) is 10.7. The van der Waals surface area contributed by atoms with Crippen LogP contribution >= 0.6 is 0 Å². The van der Waals surface area contributed by atoms with Crippen LogP contribution in [0.3, 0.4) is 0 Å². The molecule has 4 heteroatoms. The van der Waals surface area contributed by atoms with Crippen molar-refractivity contribution in [3.63, 3.8) is 0 Å². The maximum absolute atomic E-state index is 11.1. The molecule has 1 heterocycles. The smallest absolute Gasteiger partial charge is 0.303 e. The molecule has 1 aliphatic rings. The van der Waals surface area contributed by atoms with Crippen LogP contribution in [0.4, 0.5) is 0 Å². The summed E-state index contributed by atoms with van der Waals surface area (Å²) in [4.78, 5) is 21.6. The van der Waals surface area contributed by atoms with Gasteiger partial charge in [0.1, 0.15) is 0 Å². The second-order valence-electron chi connectivity index (χ2n) is 4.13. The van der Waals surface area contributed by atoms with E-state index in [-0.39, 0.29) is 24.3 Å². The summed E-state index contributed by atoms with van der Waals surface area (Å²) in [6.45, 7) is 3.96. The van der Waals surface area contributed by atoms with Crippen molar-refractivity contribution >= 4 is 11.9 Å². The highest BCUT2D eigenvalue weighted by Gasteiger charge is 2.31. The molecule has 80 valence electrons. The van der Waals surface area contributed by atoms with Crippen LogP contribution in [0.5, 0.6) is 0 Å². The lowest BCUT2D eigenvalue weighted by Crippen LogP contribution is -2.46. The molecular formula is C10H17NO3. The minimum absolute atomic E-state index is 0.0802. The molecule has 0 aromatic carbocycles. The molecular weight excluding hydrogens is 182 g/mol. The SMILES string of the molecule is CC1CC(=O)NC(C)C1CCC(=O)O. The zero-order valence-corrected chi connectivity index (χ0v) is 8.62. The van der Waals surface area contributed by atoms with Crippen molar-refractivity contribution in [1.29, 1.82) is 0 Å². The molecule has 0 saturated carbocycles. The maximum Gasteiger partial charge on any atom is 0.303 e. The summed E-state index contributed by atoms with van der Waals surface area (Å²) in [6, 6.07) is 0.102. The largest absolute Gasteiger partial charge is 0.481 e. The van der Waals surface area contributed by atoms with E-state index in [2.05, 4.69) is 5.32 Å². The van der Waals surface area contributed by atoms with Crippen LogP contribution in [0.1, 0.15) is 33.1 Å². The van der Waals surface area contributed by atoms with Crippen LogP contribution in [0, 0.1) is 11.8 Å². The molecule has 0 radical (unpaired) electrons. The molecule has 0 aliphatic carbocycles. The van der Waals surface area contributed by atoms with Crippen LogP contribution < -0.4 is 5.32 Å². The number of nitrogens with one attached hydrogen (secondary N) is 1. The zero-order valence-electron chi connectivity index (χ0n) is 8.62. The Balaban J connectivity index is 2.49. The summed E-state index contributed by atoms with van der Waals surface area (Å²) in [5.74, 6) is -0.0974. The van der Waals surface area contributed by atoms with Gasteiger partial charge in [-0.25, -0.2) is 0 Å². The van der Waals surface area contributed by atoms with Gasteiger partial charge in [-0.15, -0.1) is 0 Å². The summed E-state index contributed by atoms with van der Waals surface area (Å²) in [6.07, 6.45) is 1.36. The van der Waals surface area contributed by atoms with E-state index in [4.69, 9.17) is 5.11 Å². The van der Waals surface area contributed by atoms with Gasteiger partial charge in [-0.2, -0.15) is 0 Å². The van der Waals surface area contributed by atoms with Crippen molar-refractivity contribution in [1.82, 2.24) is 5.32 Å². The molecule has 0 aromatic heterocycles. The first kappa shape index (κ1) is 11.0. The van der Waals surface area contributed by atoms with Gasteiger partial charge in [-0.05, 0) is 25.2 Å². The summed E-state index contributed by atoms with van der Waals surface area (Å²) >= 11 is 0. The fraction of sp³-hybridized carbons (Fsp3) is 0.800. The second-order valence-corrected chi connectivity index (χ2v) is 4.13. The Hall–Kier alpha value is -1.06. The monoisotopic (exact) mass is 199 g/mol. The Labute approximate surface area is 83.7 Å². The first-order chi connectivity index (χ1) is 6.50. The van der Waals surface area contributed by atoms with Crippen LogP contribution in [-0.4, -0.2) is 23.0 Å². The van der Waals surface area contributed by atoms with Crippen LogP contribution in [0.2, 0.25) is 0 Å². The molecule has 14 heavy (non-hydrogen) atoms. The van der Waals surface area contributed by atoms with Gasteiger partial charge in [0.05, 0.1) is 0 Å². The van der Waals surface area contributed by atoms with Crippen LogP contribution in [0.15, 0.2) is 0 Å². The van der Waals surface area contributed by atoms with Crippen molar-refractivity contribution in [2.24, 2.45) is 11.8 Å². The molecule has 0 spiro atoms. The number of hydrogen-bond acceptors (Lipinski definition) is 2. The van der Waals surface area contributed by atoms with E-state index in [9.17, 15) is 9.59 Å². The summed E-state index contributed by atoms with van der Waals surface area (Å²) < 4.78 is 0. The Kier molecular flexibility index (Phi) is 3.49. The van der Waals surface area contributed by atoms with Gasteiger partial charge in [0.15, 0.2) is 0 Å². The number of carbonyl (C=O) groups is 2. The Morgan fingerprint density at radius 1 is 1.57 bits per heavy atom. The van der Waals surface area contributed by atoms with Crippen LogP contribution in [0.25, 0.3) is 0 Å². The van der Waals surface area contributed by atoms with E-state index >= 15 is 0 Å². The Morgan fingerprint density at radius 2 is 2.21 bits per heavy atom. The highest BCUT2D eigenvalue weighted by Crippen LogP contribution is 2.27. The van der Waals surface area contributed by atoms with Crippen molar-refractivity contribution < 1.29 is 14.7 Å². The van der Waals surface area contributed by atoms with E-state index in [1.54, 1.807) is 0 Å². The minimum atomic E-state index is -0.763. The first-order valence-corrected chi connectivity index (χ1v) is 5.02. The minimum Gasteiger partial charge on any atom is -0.481 e. The van der Waals surface area contributed by atoms with Crippen molar-refractivity contribution in [3.8, 4) is 0 Å². The lowest BCUT2D eigenvalue weighted by molar-refractivity contribution is -0.137. The molecule has 2 N–H and O–H groups in total. The third kappa shape index (κ3) is 2.72. The molecule has 1 saturated heterocycles. The normalized spacial score (nSPS) is 32.4. The fourth-order valence-corrected chi connectivity index (χ4v) is 2.18. The summed E-state index contributed by atoms with van der Waals surface area (Å²) in [5.41, 5.74) is 0. The molecule has 0 aromatic rings. The van der Waals surface area contributed by atoms with Gasteiger partial charge in [-0.1, -0.05) is 6.92 Å². The standard InChI is InChI=1S/C10H17NO3/c1-6-5-9(12)11-7(2)8(6)3-4-10(13)14/h6-8H,3-5H2,1-2H3,(H,11,12)(H,13,14). The number of carbonyl (C=O) groups excluding carboxylic acids is 1. The van der Waals surface area contributed by atoms with Crippen molar-refractivity contribution in [2.45, 2.75) is 39.2 Å². The van der Waals surface area contributed by atoms with Gasteiger partial charge in [0, 0.05) is 18.9 Å². The first-order valence-electron chi connectivity index (χ1n) is 5.02. The van der Waals surface area contributed by atoms with Gasteiger partial charge < -0.3 is 10.4 Å². The number of carboxylic acid groups (broad SMARTS) is 1. The van der Waals surface area contributed by atoms with E-state index in [0.717, 1.165) is 0 Å². The lowest BCUT2D eigenvalue weighted by Gasteiger charge is -2.34. The van der Waals surface area contributed by atoms with Gasteiger partial charge in [0.25, 0.3) is 0 Å². The molecule has 1 amide bonds. The highest BCUT2D eigenvalue weighted by atomic mass is 16.4. The predicted octanol–water partition coefficient (Wildman–Crippen LogP) is 1.01. The average molecular weight is 199 g/mol. The molecule has 0 bridgehead atoms. The summed E-state index contributed by atoms with van der Waals surface area (Å²) in [7, 11) is 0. The summed E-state index contributed by atoms with van der Waals surface area (Å²) in [5, 5.41) is 11.4. The predicted molar refractivity (Wildman–Crippen MR) is 51.7 cm³/mol. The quantitative estimate of drug-likeness (QED) is 0.713. The van der Waals surface area contributed by atoms with E-state index < -0.39 is 5.97 Å². The molecule has 1 fully saturated rings. The third-order valence-corrected chi connectivity index (χ3v) is 2.96. The topological polar surface area (TPSA) is 66.4 Å². The lowest BCUT2D eigenvalue weighted by atomic mass is 9.79.